The van der Waals surface area contributed by atoms with Crippen LogP contribution in [0.1, 0.15) is 31.2 Å². The molecule has 0 unspecified atom stereocenters. The van der Waals surface area contributed by atoms with Crippen LogP contribution in [0.3, 0.4) is 0 Å². The number of nitrogens with one attached hydrogen (secondary N) is 1. The standard InChI is InChI=1S/C11H19N3O2/c1-9-8-14(11(16)13-10(9)15)7-5-3-2-4-6-12/h8H,2-7,12H2,1H3,(H,13,15,16). The van der Waals surface area contributed by atoms with E-state index in [-0.39, 0.29) is 11.2 Å². The molecule has 0 saturated carbocycles. The third-order valence-corrected chi connectivity index (χ3v) is 2.54. The van der Waals surface area contributed by atoms with E-state index < -0.39 is 0 Å². The number of nitrogens with two attached hydrogens (primary N) is 1. The van der Waals surface area contributed by atoms with E-state index in [1.807, 2.05) is 0 Å². The zero-order chi connectivity index (χ0) is 12.0. The second kappa shape index (κ2) is 6.27. The summed E-state index contributed by atoms with van der Waals surface area (Å²) in [5.74, 6) is 0. The second-order valence-electron chi connectivity index (χ2n) is 3.97. The van der Waals surface area contributed by atoms with Crippen LogP contribution in [0.25, 0.3) is 0 Å². The van der Waals surface area contributed by atoms with Gasteiger partial charge in [0.1, 0.15) is 0 Å². The molecule has 0 aliphatic rings. The summed E-state index contributed by atoms with van der Waals surface area (Å²) in [4.78, 5) is 24.8. The van der Waals surface area contributed by atoms with Gasteiger partial charge in [0.15, 0.2) is 0 Å². The first-order chi connectivity index (χ1) is 7.65. The van der Waals surface area contributed by atoms with Crippen molar-refractivity contribution < 1.29 is 0 Å². The number of hydrogen-bond donors (Lipinski definition) is 2. The van der Waals surface area contributed by atoms with Crippen molar-refractivity contribution >= 4 is 0 Å². The van der Waals surface area contributed by atoms with Crippen LogP contribution < -0.4 is 17.0 Å². The monoisotopic (exact) mass is 225 g/mol. The van der Waals surface area contributed by atoms with Crippen molar-refractivity contribution in [3.8, 4) is 0 Å². The van der Waals surface area contributed by atoms with E-state index in [1.54, 1.807) is 17.7 Å². The fraction of sp³-hybridized carbons (Fsp3) is 0.636. The van der Waals surface area contributed by atoms with Crippen LogP contribution in [0.4, 0.5) is 0 Å². The third kappa shape index (κ3) is 3.66. The lowest BCUT2D eigenvalue weighted by atomic mass is 10.2. The van der Waals surface area contributed by atoms with E-state index in [9.17, 15) is 9.59 Å². The van der Waals surface area contributed by atoms with E-state index in [0.29, 0.717) is 12.1 Å². The first kappa shape index (κ1) is 12.7. The Hall–Kier alpha value is -1.36. The summed E-state index contributed by atoms with van der Waals surface area (Å²) in [7, 11) is 0. The zero-order valence-electron chi connectivity index (χ0n) is 9.66. The van der Waals surface area contributed by atoms with Crippen LogP contribution in [-0.2, 0) is 6.54 Å². The molecule has 3 N–H and O–H groups in total. The van der Waals surface area contributed by atoms with Crippen molar-refractivity contribution in [1.82, 2.24) is 9.55 Å². The van der Waals surface area contributed by atoms with Crippen LogP contribution in [-0.4, -0.2) is 16.1 Å². The summed E-state index contributed by atoms with van der Waals surface area (Å²) >= 11 is 0. The van der Waals surface area contributed by atoms with Gasteiger partial charge in [-0.3, -0.25) is 9.78 Å². The van der Waals surface area contributed by atoms with Gasteiger partial charge in [0.2, 0.25) is 0 Å². The summed E-state index contributed by atoms with van der Waals surface area (Å²) in [5, 5.41) is 0. The summed E-state index contributed by atoms with van der Waals surface area (Å²) in [6.45, 7) is 3.07. The molecule has 1 aromatic heterocycles. The van der Waals surface area contributed by atoms with Crippen molar-refractivity contribution in [3.05, 3.63) is 32.6 Å². The van der Waals surface area contributed by atoms with Crippen LogP contribution in [0.2, 0.25) is 0 Å². The third-order valence-electron chi connectivity index (χ3n) is 2.54. The Morgan fingerprint density at radius 1 is 1.25 bits per heavy atom. The van der Waals surface area contributed by atoms with Gasteiger partial charge >= 0.3 is 5.69 Å². The molecule has 16 heavy (non-hydrogen) atoms. The molecule has 1 rings (SSSR count). The molecule has 0 radical (unpaired) electrons. The van der Waals surface area contributed by atoms with Crippen molar-refractivity contribution in [2.24, 2.45) is 5.73 Å². The lowest BCUT2D eigenvalue weighted by Crippen LogP contribution is -2.30. The molecule has 1 aromatic rings. The van der Waals surface area contributed by atoms with E-state index in [4.69, 9.17) is 5.73 Å². The van der Waals surface area contributed by atoms with Crippen LogP contribution in [0.15, 0.2) is 15.8 Å². The molecule has 0 aliphatic carbocycles. The summed E-state index contributed by atoms with van der Waals surface area (Å²) < 4.78 is 1.55. The highest BCUT2D eigenvalue weighted by molar-refractivity contribution is 5.00. The maximum atomic E-state index is 11.4. The molecular weight excluding hydrogens is 206 g/mol. The van der Waals surface area contributed by atoms with Gasteiger partial charge in [-0.2, -0.15) is 0 Å². The average Bonchev–Trinajstić information content (AvgIpc) is 2.25. The zero-order valence-corrected chi connectivity index (χ0v) is 9.66. The summed E-state index contributed by atoms with van der Waals surface area (Å²) in [5.41, 5.74) is 5.33. The first-order valence-corrected chi connectivity index (χ1v) is 5.65. The maximum absolute atomic E-state index is 11.4. The average molecular weight is 225 g/mol. The lowest BCUT2D eigenvalue weighted by molar-refractivity contribution is 0.553. The van der Waals surface area contributed by atoms with E-state index in [1.165, 1.54) is 0 Å². The molecule has 0 saturated heterocycles. The second-order valence-corrected chi connectivity index (χ2v) is 3.97. The molecule has 0 aliphatic heterocycles. The molecule has 0 amide bonds. The normalized spacial score (nSPS) is 10.6. The quantitative estimate of drug-likeness (QED) is 0.686. The van der Waals surface area contributed by atoms with Gasteiger partial charge in [0.25, 0.3) is 5.56 Å². The fourth-order valence-electron chi connectivity index (χ4n) is 1.56. The number of aromatic nitrogens is 2. The van der Waals surface area contributed by atoms with Crippen molar-refractivity contribution in [1.29, 1.82) is 0 Å². The van der Waals surface area contributed by atoms with Crippen molar-refractivity contribution in [2.45, 2.75) is 39.2 Å². The number of nitrogens with zero attached hydrogens (tertiary/aromatic N) is 1. The fourth-order valence-corrected chi connectivity index (χ4v) is 1.56. The number of hydrogen-bond acceptors (Lipinski definition) is 3. The Kier molecular flexibility index (Phi) is 4.98. The van der Waals surface area contributed by atoms with Crippen LogP contribution in [0.5, 0.6) is 0 Å². The molecule has 0 aromatic carbocycles. The topological polar surface area (TPSA) is 80.9 Å². The van der Waals surface area contributed by atoms with Crippen LogP contribution in [0, 0.1) is 6.92 Å². The van der Waals surface area contributed by atoms with Gasteiger partial charge in [0.05, 0.1) is 0 Å². The smallest absolute Gasteiger partial charge is 0.328 e. The molecule has 90 valence electrons. The Labute approximate surface area is 94.3 Å². The molecule has 5 heteroatoms. The lowest BCUT2D eigenvalue weighted by Gasteiger charge is -2.05. The van der Waals surface area contributed by atoms with E-state index >= 15 is 0 Å². The molecule has 0 fully saturated rings. The van der Waals surface area contributed by atoms with Gasteiger partial charge in [-0.25, -0.2) is 4.79 Å². The van der Waals surface area contributed by atoms with Crippen LogP contribution >= 0.6 is 0 Å². The van der Waals surface area contributed by atoms with E-state index in [0.717, 1.165) is 32.2 Å². The summed E-state index contributed by atoms with van der Waals surface area (Å²) in [6.07, 6.45) is 5.73. The Morgan fingerprint density at radius 2 is 1.94 bits per heavy atom. The molecule has 1 heterocycles. The Bertz CT molecular complexity index is 434. The molecule has 0 bridgehead atoms. The number of aryl methyl sites for hydroxylation is 2. The predicted molar refractivity (Wildman–Crippen MR) is 63.6 cm³/mol. The van der Waals surface area contributed by atoms with Gasteiger partial charge in [-0.1, -0.05) is 12.8 Å². The number of aromatic amines is 1. The molecule has 0 spiro atoms. The van der Waals surface area contributed by atoms with Gasteiger partial charge < -0.3 is 10.3 Å². The number of unbranched alkanes of at least 4 members (excludes halogenated alkanes) is 3. The largest absolute Gasteiger partial charge is 0.330 e. The minimum atomic E-state index is -0.325. The van der Waals surface area contributed by atoms with Crippen molar-refractivity contribution in [3.63, 3.8) is 0 Å². The van der Waals surface area contributed by atoms with Crippen molar-refractivity contribution in [2.75, 3.05) is 6.54 Å². The van der Waals surface area contributed by atoms with E-state index in [2.05, 4.69) is 4.98 Å². The van der Waals surface area contributed by atoms with Gasteiger partial charge in [0, 0.05) is 18.3 Å². The molecule has 0 atom stereocenters. The Balaban J connectivity index is 2.51. The SMILES string of the molecule is Cc1cn(CCCCCCN)c(=O)[nH]c1=O. The minimum Gasteiger partial charge on any atom is -0.330 e. The Morgan fingerprint density at radius 3 is 2.62 bits per heavy atom. The van der Waals surface area contributed by atoms with Gasteiger partial charge in [-0.05, 0) is 26.3 Å². The molecular formula is C11H19N3O2. The number of H-pyrrole nitrogens is 1. The highest BCUT2D eigenvalue weighted by Gasteiger charge is 1.99. The molecule has 5 nitrogen and oxygen atoms in total. The number of rotatable bonds is 6. The highest BCUT2D eigenvalue weighted by Crippen LogP contribution is 2.00. The highest BCUT2D eigenvalue weighted by atomic mass is 16.2. The predicted octanol–water partition coefficient (Wildman–Crippen LogP) is 0.364. The minimum absolute atomic E-state index is 0.301. The first-order valence-electron chi connectivity index (χ1n) is 5.65. The summed E-state index contributed by atoms with van der Waals surface area (Å²) in [6, 6.07) is 0. The van der Waals surface area contributed by atoms with Gasteiger partial charge in [-0.15, -0.1) is 0 Å². The maximum Gasteiger partial charge on any atom is 0.328 e.